The number of methoxy groups -OCH3 is 2. The third-order valence-corrected chi connectivity index (χ3v) is 13.5. The molecule has 2 bridgehead atoms. The molecule has 1 saturated carbocycles. The van der Waals surface area contributed by atoms with E-state index in [2.05, 4.69) is 76.1 Å². The molecular formula is C43H64ClN7O6S. The molecule has 13 nitrogen and oxygen atoms in total. The Bertz CT molecular complexity index is 1710. The molecule has 4 aliphatic heterocycles. The number of anilines is 1. The lowest BCUT2D eigenvalue weighted by molar-refractivity contribution is -0.0621. The average molecular weight is 843 g/mol. The second-order valence-corrected chi connectivity index (χ2v) is 17.7. The van der Waals surface area contributed by atoms with E-state index in [4.69, 9.17) is 39.9 Å². The van der Waals surface area contributed by atoms with Crippen LogP contribution in [0.15, 0.2) is 47.5 Å². The largest absolute Gasteiger partial charge is 0.489 e. The number of rotatable bonds is 9. The van der Waals surface area contributed by atoms with E-state index < -0.39 is 0 Å². The zero-order valence-corrected chi connectivity index (χ0v) is 36.7. The maximum absolute atomic E-state index is 13.3. The predicted octanol–water partition coefficient (Wildman–Crippen LogP) is 6.58. The Hall–Kier alpha value is -2.95. The van der Waals surface area contributed by atoms with E-state index in [0.717, 1.165) is 95.2 Å². The number of carbonyl (C=O) groups is 1. The number of halogens is 1. The maximum atomic E-state index is 13.3. The number of benzene rings is 1. The van der Waals surface area contributed by atoms with Gasteiger partial charge < -0.3 is 24.4 Å². The molecule has 15 heteroatoms. The van der Waals surface area contributed by atoms with Crippen molar-refractivity contribution in [3.8, 4) is 5.75 Å². The van der Waals surface area contributed by atoms with E-state index in [1.165, 1.54) is 23.2 Å². The highest BCUT2D eigenvalue weighted by molar-refractivity contribution is 7.95. The fourth-order valence-corrected chi connectivity index (χ4v) is 9.49. The molecule has 320 valence electrons. The van der Waals surface area contributed by atoms with Crippen LogP contribution in [0, 0.1) is 17.8 Å². The van der Waals surface area contributed by atoms with Gasteiger partial charge in [0.05, 0.1) is 18.8 Å². The summed E-state index contributed by atoms with van der Waals surface area (Å²) in [6.07, 6.45) is 10.4. The summed E-state index contributed by atoms with van der Waals surface area (Å²) in [5, 5.41) is 4.19. The van der Waals surface area contributed by atoms with E-state index in [1.54, 1.807) is 13.2 Å². The molecule has 0 radical (unpaired) electrons. The molecular weight excluding hydrogens is 778 g/mol. The van der Waals surface area contributed by atoms with Crippen molar-refractivity contribution in [2.24, 2.45) is 22.7 Å². The first-order valence-electron chi connectivity index (χ1n) is 21.0. The monoisotopic (exact) mass is 841 g/mol. The van der Waals surface area contributed by atoms with Gasteiger partial charge in [-0.25, -0.2) is 30.1 Å². The number of aromatic nitrogens is 1. The number of hydrogen-bond acceptors (Lipinski definition) is 13. The fourth-order valence-electron chi connectivity index (χ4n) is 8.56. The van der Waals surface area contributed by atoms with Gasteiger partial charge in [0.25, 0.3) is 5.91 Å². The molecule has 7 atom stereocenters. The van der Waals surface area contributed by atoms with Gasteiger partial charge >= 0.3 is 0 Å². The van der Waals surface area contributed by atoms with Gasteiger partial charge in [-0.15, -0.1) is 0 Å². The Balaban J connectivity index is 0.000000367. The van der Waals surface area contributed by atoms with Crippen LogP contribution in [0.3, 0.4) is 0 Å². The van der Waals surface area contributed by atoms with Crippen LogP contribution in [0.1, 0.15) is 87.3 Å². The third kappa shape index (κ3) is 11.7. The number of aliphatic imine (C=N–C) groups is 1. The van der Waals surface area contributed by atoms with E-state index >= 15 is 0 Å². The minimum absolute atomic E-state index is 0.0297. The molecule has 6 unspecified atom stereocenters. The number of amidine groups is 1. The number of nitrogens with one attached hydrogen (secondary N) is 3. The van der Waals surface area contributed by atoms with Crippen molar-refractivity contribution in [1.82, 2.24) is 26.2 Å². The Morgan fingerprint density at radius 2 is 1.91 bits per heavy atom. The number of piperazine rings is 1. The van der Waals surface area contributed by atoms with Gasteiger partial charge in [-0.3, -0.25) is 9.69 Å². The lowest BCUT2D eigenvalue weighted by atomic mass is 9.64. The Morgan fingerprint density at radius 1 is 1.09 bits per heavy atom. The lowest BCUT2D eigenvalue weighted by Crippen LogP contribution is -2.49. The highest BCUT2D eigenvalue weighted by atomic mass is 35.5. The van der Waals surface area contributed by atoms with Crippen LogP contribution in [-0.2, 0) is 25.0 Å². The first-order chi connectivity index (χ1) is 28.1. The van der Waals surface area contributed by atoms with E-state index in [-0.39, 0.29) is 28.9 Å². The van der Waals surface area contributed by atoms with Gasteiger partial charge in [-0.1, -0.05) is 50.1 Å². The smallest absolute Gasteiger partial charge is 0.294 e. The number of amides is 1. The van der Waals surface area contributed by atoms with Crippen LogP contribution in [0.4, 0.5) is 5.82 Å². The summed E-state index contributed by atoms with van der Waals surface area (Å²) in [6, 6.07) is 9.79. The van der Waals surface area contributed by atoms with E-state index in [0.29, 0.717) is 48.2 Å². The molecule has 7 rings (SSSR count). The van der Waals surface area contributed by atoms with Crippen molar-refractivity contribution in [2.75, 3.05) is 78.1 Å². The number of hydroxylamine groups is 2. The first-order valence-corrected chi connectivity index (χ1v) is 22.2. The Labute approximate surface area is 354 Å². The average Bonchev–Trinajstić information content (AvgIpc) is 3.53. The fraction of sp³-hybridized carbons (Fsp3) is 0.651. The topological polar surface area (TPSA) is 131 Å². The van der Waals surface area contributed by atoms with Gasteiger partial charge in [-0.05, 0) is 99.1 Å². The molecule has 1 aromatic carbocycles. The highest BCUT2D eigenvalue weighted by Crippen LogP contribution is 2.46. The maximum Gasteiger partial charge on any atom is 0.294 e. The van der Waals surface area contributed by atoms with Crippen molar-refractivity contribution in [2.45, 2.75) is 89.2 Å². The second kappa shape index (κ2) is 21.5. The SMILES string of the molecule is CC1N=C(CN2CCNCC2)NO1.CCCc1cc(Cl)ccc1C1COc2ccc3nc2N(C1)CC1CCC1[C@@](C)(OC)/C=C/CC(C)C(CCOC)SONC3=O. The summed E-state index contributed by atoms with van der Waals surface area (Å²) in [5.74, 6) is 3.11. The molecule has 1 aromatic heterocycles. The van der Waals surface area contributed by atoms with Gasteiger partial charge in [0.2, 0.25) is 0 Å². The Kier molecular flexibility index (Phi) is 16.6. The molecule has 5 heterocycles. The molecule has 0 spiro atoms. The van der Waals surface area contributed by atoms with Crippen LogP contribution in [-0.4, -0.2) is 112 Å². The number of allylic oxidation sites excluding steroid dienone is 1. The summed E-state index contributed by atoms with van der Waals surface area (Å²) in [5.41, 5.74) is 7.88. The van der Waals surface area contributed by atoms with E-state index in [9.17, 15) is 4.79 Å². The standard InChI is InChI=1S/C35H48ClN3O5S.C8H16N4O/c1-6-8-24-19-27(36)11-12-28(24)26-21-39-20-25-10-13-29(25)35(3,42-5)17-7-9-23(2)32(16-18-41-4)45-44-38-34(40)30-14-15-31(43-22-26)33(39)37-30;1-7-10-8(11-13-7)6-12-4-2-9-3-5-12/h7,11-12,14-15,17,19,23,25-26,29,32H,6,8-10,13,16,18,20-22H2,1-5H3,(H,38,40);7,9H,2-6H2,1H3,(H,10,11)/b17-7+;/t23?,25?,26?,29?,32?,35-;/m0./s1. The number of aryl methyl sites for hydroxylation is 1. The van der Waals surface area contributed by atoms with Gasteiger partial charge in [0, 0.05) is 88.3 Å². The molecule has 58 heavy (non-hydrogen) atoms. The molecule has 2 aromatic rings. The minimum Gasteiger partial charge on any atom is -0.489 e. The number of hydrogen-bond donors (Lipinski definition) is 3. The second-order valence-electron chi connectivity index (χ2n) is 16.3. The number of nitrogens with zero attached hydrogens (tertiary/aromatic N) is 4. The van der Waals surface area contributed by atoms with Crippen molar-refractivity contribution in [3.63, 3.8) is 0 Å². The molecule has 3 N–H and O–H groups in total. The molecule has 1 saturated heterocycles. The number of ether oxygens (including phenoxy) is 3. The highest BCUT2D eigenvalue weighted by Gasteiger charge is 2.45. The summed E-state index contributed by atoms with van der Waals surface area (Å²) in [7, 11) is 3.52. The van der Waals surface area contributed by atoms with Gasteiger partial charge in [0.15, 0.2) is 17.8 Å². The molecule has 1 aliphatic carbocycles. The minimum atomic E-state index is -0.385. The number of carbonyl (C=O) groups excluding carboxylic acids is 1. The first kappa shape index (κ1) is 44.6. The Morgan fingerprint density at radius 3 is 2.62 bits per heavy atom. The number of pyridine rings is 1. The summed E-state index contributed by atoms with van der Waals surface area (Å²) < 4.78 is 23.8. The van der Waals surface area contributed by atoms with E-state index in [1.807, 2.05) is 26.2 Å². The summed E-state index contributed by atoms with van der Waals surface area (Å²) in [4.78, 5) is 32.3. The van der Waals surface area contributed by atoms with Crippen molar-refractivity contribution >= 4 is 41.2 Å². The molecule has 5 aliphatic rings. The van der Waals surface area contributed by atoms with Crippen molar-refractivity contribution < 1.29 is 28.1 Å². The van der Waals surface area contributed by atoms with Crippen LogP contribution in [0.5, 0.6) is 5.75 Å². The normalized spacial score (nSPS) is 29.8. The molecule has 1 amide bonds. The van der Waals surface area contributed by atoms with Crippen LogP contribution >= 0.6 is 23.6 Å². The van der Waals surface area contributed by atoms with Crippen LogP contribution in [0.25, 0.3) is 0 Å². The summed E-state index contributed by atoms with van der Waals surface area (Å²) in [6.45, 7) is 16.4. The van der Waals surface area contributed by atoms with Crippen LogP contribution in [0.2, 0.25) is 5.02 Å². The molecule has 2 fully saturated rings. The van der Waals surface area contributed by atoms with Crippen LogP contribution < -0.4 is 25.9 Å². The quantitative estimate of drug-likeness (QED) is 0.186. The summed E-state index contributed by atoms with van der Waals surface area (Å²) >= 11 is 7.70. The zero-order valence-electron chi connectivity index (χ0n) is 35.1. The predicted molar refractivity (Wildman–Crippen MR) is 232 cm³/mol. The third-order valence-electron chi connectivity index (χ3n) is 12.1. The van der Waals surface area contributed by atoms with Crippen molar-refractivity contribution in [1.29, 1.82) is 0 Å². The lowest BCUT2D eigenvalue weighted by Gasteiger charge is -2.48. The zero-order chi connectivity index (χ0) is 41.1. The van der Waals surface area contributed by atoms with Crippen molar-refractivity contribution in [3.05, 3.63) is 64.3 Å². The van der Waals surface area contributed by atoms with Gasteiger partial charge in [0.1, 0.15) is 11.5 Å². The number of fused-ring (bicyclic) bond motifs is 2. The van der Waals surface area contributed by atoms with Gasteiger partial charge in [-0.2, -0.15) is 0 Å².